The number of nitrogens with two attached hydrogens (primary N) is 1. The van der Waals surface area contributed by atoms with Crippen molar-refractivity contribution in [3.05, 3.63) is 20.6 Å². The first-order valence-corrected chi connectivity index (χ1v) is 5.11. The Morgan fingerprint density at radius 2 is 2.08 bits per heavy atom. The largest absolute Gasteiger partial charge is 0.505 e. The van der Waals surface area contributed by atoms with Gasteiger partial charge in [0.25, 0.3) is 0 Å². The number of rotatable bonds is 1. The Morgan fingerprint density at radius 3 is 2.58 bits per heavy atom. The maximum Gasteiger partial charge on any atom is 0.153 e. The molecule has 0 unspecified atom stereocenters. The third-order valence-electron chi connectivity index (χ3n) is 1.67. The Bertz CT molecular complexity index is 312. The van der Waals surface area contributed by atoms with Crippen molar-refractivity contribution in [1.82, 2.24) is 0 Å². The smallest absolute Gasteiger partial charge is 0.153 e. The van der Waals surface area contributed by atoms with Crippen LogP contribution in [0.25, 0.3) is 0 Å². The van der Waals surface area contributed by atoms with Gasteiger partial charge in [-0.2, -0.15) is 0 Å². The summed E-state index contributed by atoms with van der Waals surface area (Å²) in [6.45, 7) is 2.01. The number of hydrogen-bond donors (Lipinski definition) is 2. The monoisotopic (exact) mass is 293 g/mol. The molecule has 0 fully saturated rings. The predicted molar refractivity (Wildman–Crippen MR) is 57.3 cm³/mol. The molecule has 0 amide bonds. The number of phenolic OH excluding ortho intramolecular Hbond substituents is 1. The predicted octanol–water partition coefficient (Wildman–Crippen LogP) is 3.06. The summed E-state index contributed by atoms with van der Waals surface area (Å²) in [5, 5.41) is 9.45. The molecule has 3 N–H and O–H groups in total. The fraction of sp³-hybridized carbons (Fsp3) is 0.250. The highest BCUT2D eigenvalue weighted by Gasteiger charge is 2.10. The van der Waals surface area contributed by atoms with Crippen LogP contribution in [-0.4, -0.2) is 5.11 Å². The maximum atomic E-state index is 9.45. The molecule has 0 saturated carbocycles. The zero-order valence-electron chi connectivity index (χ0n) is 6.56. The summed E-state index contributed by atoms with van der Waals surface area (Å²) >= 11 is 6.65. The molecule has 0 radical (unpaired) electrons. The molecule has 0 aliphatic rings. The second-order valence-corrected chi connectivity index (χ2v) is 4.09. The van der Waals surface area contributed by atoms with E-state index in [0.29, 0.717) is 10.2 Å². The van der Waals surface area contributed by atoms with Gasteiger partial charge < -0.3 is 10.8 Å². The third-order valence-corrected chi connectivity index (χ3v) is 3.23. The van der Waals surface area contributed by atoms with Gasteiger partial charge in [0.15, 0.2) is 5.75 Å². The van der Waals surface area contributed by atoms with Crippen molar-refractivity contribution in [2.45, 2.75) is 13.3 Å². The van der Waals surface area contributed by atoms with Crippen LogP contribution in [0.1, 0.15) is 12.5 Å². The van der Waals surface area contributed by atoms with E-state index in [4.69, 9.17) is 5.73 Å². The molecule has 1 aromatic rings. The molecule has 0 spiro atoms. The molecule has 0 aliphatic heterocycles. The van der Waals surface area contributed by atoms with Gasteiger partial charge in [-0.3, -0.25) is 0 Å². The second-order valence-electron chi connectivity index (χ2n) is 2.44. The molecule has 66 valence electrons. The minimum absolute atomic E-state index is 0.120. The summed E-state index contributed by atoms with van der Waals surface area (Å²) in [5.41, 5.74) is 6.94. The highest BCUT2D eigenvalue weighted by molar-refractivity contribution is 9.11. The quantitative estimate of drug-likeness (QED) is 0.618. The second kappa shape index (κ2) is 3.66. The zero-order valence-corrected chi connectivity index (χ0v) is 9.74. The Kier molecular flexibility index (Phi) is 3.01. The van der Waals surface area contributed by atoms with Gasteiger partial charge in [-0.05, 0) is 34.0 Å². The van der Waals surface area contributed by atoms with Crippen molar-refractivity contribution in [3.63, 3.8) is 0 Å². The van der Waals surface area contributed by atoms with Gasteiger partial charge in [0.2, 0.25) is 0 Å². The fourth-order valence-electron chi connectivity index (χ4n) is 0.991. The molecular formula is C8H9Br2NO. The minimum Gasteiger partial charge on any atom is -0.505 e. The van der Waals surface area contributed by atoms with Crippen molar-refractivity contribution in [3.8, 4) is 5.75 Å². The summed E-state index contributed by atoms with van der Waals surface area (Å²) in [5.74, 6) is 0.120. The van der Waals surface area contributed by atoms with Gasteiger partial charge in [-0.1, -0.05) is 22.9 Å². The Morgan fingerprint density at radius 1 is 1.50 bits per heavy atom. The van der Waals surface area contributed by atoms with Crippen molar-refractivity contribution in [2.24, 2.45) is 0 Å². The molecule has 2 nitrogen and oxygen atoms in total. The topological polar surface area (TPSA) is 46.2 Å². The van der Waals surface area contributed by atoms with Crippen molar-refractivity contribution < 1.29 is 5.11 Å². The molecule has 1 aromatic carbocycles. The van der Waals surface area contributed by atoms with Crippen LogP contribution < -0.4 is 5.73 Å². The molecule has 0 aliphatic carbocycles. The van der Waals surface area contributed by atoms with Crippen LogP contribution in [-0.2, 0) is 6.42 Å². The van der Waals surface area contributed by atoms with Crippen LogP contribution in [0.4, 0.5) is 5.69 Å². The van der Waals surface area contributed by atoms with Crippen LogP contribution in [0.5, 0.6) is 5.75 Å². The van der Waals surface area contributed by atoms with Crippen molar-refractivity contribution in [2.75, 3.05) is 5.73 Å². The number of hydrogen-bond acceptors (Lipinski definition) is 2. The summed E-state index contributed by atoms with van der Waals surface area (Å²) in [7, 11) is 0. The van der Waals surface area contributed by atoms with Crippen molar-refractivity contribution >= 4 is 37.5 Å². The Balaban J connectivity index is 3.40. The molecule has 0 aromatic heterocycles. The van der Waals surface area contributed by atoms with E-state index >= 15 is 0 Å². The first kappa shape index (κ1) is 9.86. The number of anilines is 1. The van der Waals surface area contributed by atoms with E-state index < -0.39 is 0 Å². The van der Waals surface area contributed by atoms with E-state index in [9.17, 15) is 5.11 Å². The van der Waals surface area contributed by atoms with Crippen molar-refractivity contribution in [1.29, 1.82) is 0 Å². The normalized spacial score (nSPS) is 10.2. The first-order valence-electron chi connectivity index (χ1n) is 3.53. The van der Waals surface area contributed by atoms with Crippen LogP contribution >= 0.6 is 31.9 Å². The molecule has 1 rings (SSSR count). The summed E-state index contributed by atoms with van der Waals surface area (Å²) in [6, 6.07) is 1.71. The average Bonchev–Trinajstić information content (AvgIpc) is 2.01. The molecule has 0 saturated heterocycles. The lowest BCUT2D eigenvalue weighted by molar-refractivity contribution is 0.473. The zero-order chi connectivity index (χ0) is 9.30. The van der Waals surface area contributed by atoms with Gasteiger partial charge in [-0.15, -0.1) is 0 Å². The molecule has 4 heteroatoms. The molecular weight excluding hydrogens is 286 g/mol. The lowest BCUT2D eigenvalue weighted by Gasteiger charge is -2.08. The summed E-state index contributed by atoms with van der Waals surface area (Å²) in [4.78, 5) is 0. The number of aromatic hydroxyl groups is 1. The maximum absolute atomic E-state index is 9.45. The van der Waals surface area contributed by atoms with Gasteiger partial charge in [0.05, 0.1) is 10.2 Å². The van der Waals surface area contributed by atoms with Gasteiger partial charge in [-0.25, -0.2) is 0 Å². The van der Waals surface area contributed by atoms with Gasteiger partial charge in [0.1, 0.15) is 0 Å². The third kappa shape index (κ3) is 1.59. The van der Waals surface area contributed by atoms with E-state index in [2.05, 4.69) is 31.9 Å². The van der Waals surface area contributed by atoms with E-state index in [0.717, 1.165) is 16.5 Å². The minimum atomic E-state index is 0.120. The first-order chi connectivity index (χ1) is 5.57. The van der Waals surface area contributed by atoms with Crippen LogP contribution in [0, 0.1) is 0 Å². The number of phenols is 1. The number of halogens is 2. The highest BCUT2D eigenvalue weighted by Crippen LogP contribution is 2.38. The SMILES string of the molecule is CCc1c(Br)cc(N)c(O)c1Br. The Labute approximate surface area is 88.0 Å². The Hall–Kier alpha value is -0.220. The van der Waals surface area contributed by atoms with E-state index in [1.165, 1.54) is 0 Å². The fourth-order valence-corrected chi connectivity index (χ4v) is 2.70. The standard InChI is InChI=1S/C8H9Br2NO/c1-2-4-5(9)3-6(11)8(12)7(4)10/h3,12H,2,11H2,1H3. The number of nitrogen functional groups attached to an aromatic ring is 1. The van der Waals surface area contributed by atoms with Gasteiger partial charge in [0, 0.05) is 4.47 Å². The summed E-state index contributed by atoms with van der Waals surface area (Å²) in [6.07, 6.45) is 0.842. The van der Waals surface area contributed by atoms with E-state index in [-0.39, 0.29) is 5.75 Å². The average molecular weight is 295 g/mol. The van der Waals surface area contributed by atoms with E-state index in [1.807, 2.05) is 6.92 Å². The molecule has 0 atom stereocenters. The number of benzene rings is 1. The van der Waals surface area contributed by atoms with Crippen LogP contribution in [0.15, 0.2) is 15.0 Å². The lowest BCUT2D eigenvalue weighted by Crippen LogP contribution is -1.92. The molecule has 0 bridgehead atoms. The highest BCUT2D eigenvalue weighted by atomic mass is 79.9. The lowest BCUT2D eigenvalue weighted by atomic mass is 10.1. The van der Waals surface area contributed by atoms with Crippen LogP contribution in [0.2, 0.25) is 0 Å². The van der Waals surface area contributed by atoms with Crippen LogP contribution in [0.3, 0.4) is 0 Å². The van der Waals surface area contributed by atoms with E-state index in [1.54, 1.807) is 6.07 Å². The molecule has 12 heavy (non-hydrogen) atoms. The summed E-state index contributed by atoms with van der Waals surface area (Å²) < 4.78 is 1.60. The molecule has 0 heterocycles. The van der Waals surface area contributed by atoms with Gasteiger partial charge >= 0.3 is 0 Å².